The predicted molar refractivity (Wildman–Crippen MR) is 58.2 cm³/mol. The van der Waals surface area contributed by atoms with Gasteiger partial charge in [-0.2, -0.15) is 0 Å². The minimum Gasteiger partial charge on any atom is -0.508 e. The van der Waals surface area contributed by atoms with Crippen LogP contribution in [-0.4, -0.2) is 11.7 Å². The Morgan fingerprint density at radius 1 is 1.46 bits per heavy atom. The first-order valence-electron chi connectivity index (χ1n) is 4.02. The van der Waals surface area contributed by atoms with E-state index in [-0.39, 0.29) is 5.75 Å². The maximum atomic E-state index is 9.20. The van der Waals surface area contributed by atoms with Crippen molar-refractivity contribution in [1.29, 1.82) is 0 Å². The van der Waals surface area contributed by atoms with Crippen LogP contribution in [0.15, 0.2) is 16.6 Å². The zero-order valence-corrected chi connectivity index (χ0v) is 9.40. The second kappa shape index (κ2) is 4.84. The monoisotopic (exact) mass is 263 g/mol. The van der Waals surface area contributed by atoms with Crippen molar-refractivity contribution < 1.29 is 5.11 Å². The number of hydrogen-bond acceptors (Lipinski definition) is 2. The van der Waals surface area contributed by atoms with Crippen LogP contribution in [0, 0.1) is 0 Å². The first kappa shape index (κ1) is 10.8. The van der Waals surface area contributed by atoms with Gasteiger partial charge < -0.3 is 10.8 Å². The molecule has 0 aliphatic carbocycles. The smallest absolute Gasteiger partial charge is 0.118 e. The van der Waals surface area contributed by atoms with E-state index in [0.717, 1.165) is 22.9 Å². The number of benzene rings is 1. The minimum absolute atomic E-state index is 0.174. The summed E-state index contributed by atoms with van der Waals surface area (Å²) in [6.07, 6.45) is 1.72. The van der Waals surface area contributed by atoms with Crippen molar-refractivity contribution in [3.63, 3.8) is 0 Å². The Morgan fingerprint density at radius 3 is 2.69 bits per heavy atom. The van der Waals surface area contributed by atoms with Crippen LogP contribution in [0.4, 0.5) is 0 Å². The van der Waals surface area contributed by atoms with Gasteiger partial charge in [0.2, 0.25) is 0 Å². The molecule has 0 atom stereocenters. The Morgan fingerprint density at radius 2 is 2.15 bits per heavy atom. The van der Waals surface area contributed by atoms with Gasteiger partial charge in [-0.05, 0) is 37.1 Å². The standard InChI is InChI=1S/C9H11BrClNO/c10-8-4-6(13)5-9(11)7(8)2-1-3-12/h4-5,13H,1-3,12H2. The Labute approximate surface area is 90.8 Å². The fourth-order valence-corrected chi connectivity index (χ4v) is 2.18. The Kier molecular flexibility index (Phi) is 4.03. The second-order valence-electron chi connectivity index (χ2n) is 2.78. The lowest BCUT2D eigenvalue weighted by molar-refractivity contribution is 0.474. The summed E-state index contributed by atoms with van der Waals surface area (Å²) in [6, 6.07) is 3.18. The normalized spacial score (nSPS) is 10.4. The van der Waals surface area contributed by atoms with Gasteiger partial charge in [-0.25, -0.2) is 0 Å². The second-order valence-corrected chi connectivity index (χ2v) is 4.04. The summed E-state index contributed by atoms with van der Waals surface area (Å²) < 4.78 is 0.839. The summed E-state index contributed by atoms with van der Waals surface area (Å²) in [6.45, 7) is 0.643. The molecule has 0 unspecified atom stereocenters. The Hall–Kier alpha value is -0.250. The number of rotatable bonds is 3. The number of phenols is 1. The maximum absolute atomic E-state index is 9.20. The Bertz CT molecular complexity index is 281. The lowest BCUT2D eigenvalue weighted by Crippen LogP contribution is -2.01. The SMILES string of the molecule is NCCCc1c(Cl)cc(O)cc1Br. The molecule has 0 aliphatic rings. The van der Waals surface area contributed by atoms with E-state index in [1.807, 2.05) is 0 Å². The molecule has 1 aromatic rings. The van der Waals surface area contributed by atoms with E-state index in [4.69, 9.17) is 17.3 Å². The van der Waals surface area contributed by atoms with Crippen LogP contribution in [0.3, 0.4) is 0 Å². The van der Waals surface area contributed by atoms with E-state index in [1.165, 1.54) is 6.07 Å². The molecule has 3 N–H and O–H groups in total. The lowest BCUT2D eigenvalue weighted by Gasteiger charge is -2.06. The van der Waals surface area contributed by atoms with Gasteiger partial charge in [0, 0.05) is 9.50 Å². The summed E-state index contributed by atoms with van der Waals surface area (Å²) in [7, 11) is 0. The van der Waals surface area contributed by atoms with Crippen LogP contribution in [-0.2, 0) is 6.42 Å². The predicted octanol–water partition coefficient (Wildman–Crippen LogP) is 2.70. The van der Waals surface area contributed by atoms with Crippen molar-refractivity contribution in [3.8, 4) is 5.75 Å². The summed E-state index contributed by atoms with van der Waals surface area (Å²) in [5.41, 5.74) is 6.40. The molecule has 1 rings (SSSR count). The van der Waals surface area contributed by atoms with Crippen molar-refractivity contribution in [2.75, 3.05) is 6.54 Å². The molecule has 1 aromatic carbocycles. The van der Waals surface area contributed by atoms with Gasteiger partial charge in [-0.1, -0.05) is 27.5 Å². The van der Waals surface area contributed by atoms with Crippen LogP contribution in [0.1, 0.15) is 12.0 Å². The Balaban J connectivity index is 2.92. The molecule has 0 radical (unpaired) electrons. The van der Waals surface area contributed by atoms with E-state index >= 15 is 0 Å². The van der Waals surface area contributed by atoms with Crippen molar-refractivity contribution in [1.82, 2.24) is 0 Å². The highest BCUT2D eigenvalue weighted by Gasteiger charge is 2.06. The summed E-state index contributed by atoms with van der Waals surface area (Å²) >= 11 is 9.28. The maximum Gasteiger partial charge on any atom is 0.118 e. The number of nitrogens with two attached hydrogens (primary N) is 1. The van der Waals surface area contributed by atoms with Gasteiger partial charge in [0.1, 0.15) is 5.75 Å². The summed E-state index contributed by atoms with van der Waals surface area (Å²) in [5.74, 6) is 0.174. The van der Waals surface area contributed by atoms with E-state index in [2.05, 4.69) is 15.9 Å². The first-order chi connectivity index (χ1) is 6.15. The fourth-order valence-electron chi connectivity index (χ4n) is 1.11. The number of phenolic OH excluding ortho intramolecular Hbond substituents is 1. The van der Waals surface area contributed by atoms with Crippen LogP contribution < -0.4 is 5.73 Å². The fraction of sp³-hybridized carbons (Fsp3) is 0.333. The molecule has 0 saturated heterocycles. The molecule has 0 saturated carbocycles. The topological polar surface area (TPSA) is 46.2 Å². The van der Waals surface area contributed by atoms with Gasteiger partial charge in [0.15, 0.2) is 0 Å². The molecule has 0 spiro atoms. The molecule has 0 aromatic heterocycles. The van der Waals surface area contributed by atoms with Crippen molar-refractivity contribution >= 4 is 27.5 Å². The third kappa shape index (κ3) is 2.86. The molecule has 0 fully saturated rings. The number of aromatic hydroxyl groups is 1. The van der Waals surface area contributed by atoms with Gasteiger partial charge in [-0.15, -0.1) is 0 Å². The molecule has 2 nitrogen and oxygen atoms in total. The van der Waals surface area contributed by atoms with E-state index < -0.39 is 0 Å². The molecule has 72 valence electrons. The minimum atomic E-state index is 0.174. The van der Waals surface area contributed by atoms with Crippen molar-refractivity contribution in [3.05, 3.63) is 27.2 Å². The molecule has 0 amide bonds. The van der Waals surface area contributed by atoms with Crippen molar-refractivity contribution in [2.45, 2.75) is 12.8 Å². The molecular formula is C9H11BrClNO. The average Bonchev–Trinajstić information content (AvgIpc) is 2.02. The quantitative estimate of drug-likeness (QED) is 0.882. The van der Waals surface area contributed by atoms with Gasteiger partial charge in [0.25, 0.3) is 0 Å². The van der Waals surface area contributed by atoms with Crippen LogP contribution >= 0.6 is 27.5 Å². The third-order valence-corrected chi connectivity index (χ3v) is 2.80. The molecule has 0 bridgehead atoms. The number of hydrogen-bond donors (Lipinski definition) is 2. The summed E-state index contributed by atoms with van der Waals surface area (Å²) in [5, 5.41) is 9.79. The van der Waals surface area contributed by atoms with E-state index in [1.54, 1.807) is 6.07 Å². The van der Waals surface area contributed by atoms with Gasteiger partial charge >= 0.3 is 0 Å². The van der Waals surface area contributed by atoms with E-state index in [0.29, 0.717) is 11.6 Å². The molecule has 4 heteroatoms. The highest BCUT2D eigenvalue weighted by Crippen LogP contribution is 2.30. The van der Waals surface area contributed by atoms with Crippen LogP contribution in [0.2, 0.25) is 5.02 Å². The molecule has 0 heterocycles. The number of halogens is 2. The highest BCUT2D eigenvalue weighted by molar-refractivity contribution is 9.10. The van der Waals surface area contributed by atoms with Crippen LogP contribution in [0.25, 0.3) is 0 Å². The van der Waals surface area contributed by atoms with Crippen LogP contribution in [0.5, 0.6) is 5.75 Å². The zero-order valence-electron chi connectivity index (χ0n) is 7.06. The van der Waals surface area contributed by atoms with Gasteiger partial charge in [-0.3, -0.25) is 0 Å². The van der Waals surface area contributed by atoms with E-state index in [9.17, 15) is 5.11 Å². The lowest BCUT2D eigenvalue weighted by atomic mass is 10.1. The van der Waals surface area contributed by atoms with Crippen molar-refractivity contribution in [2.24, 2.45) is 5.73 Å². The third-order valence-electron chi connectivity index (χ3n) is 1.76. The average molecular weight is 265 g/mol. The van der Waals surface area contributed by atoms with Gasteiger partial charge in [0.05, 0.1) is 0 Å². The molecule has 0 aliphatic heterocycles. The summed E-state index contributed by atoms with van der Waals surface area (Å²) in [4.78, 5) is 0. The first-order valence-corrected chi connectivity index (χ1v) is 5.19. The largest absolute Gasteiger partial charge is 0.508 e. The molecular weight excluding hydrogens is 253 g/mol. The molecule has 13 heavy (non-hydrogen) atoms. The zero-order chi connectivity index (χ0) is 9.84. The highest BCUT2D eigenvalue weighted by atomic mass is 79.9.